The first kappa shape index (κ1) is 8.47. The summed E-state index contributed by atoms with van der Waals surface area (Å²) in [5, 5.41) is 0. The van der Waals surface area contributed by atoms with Gasteiger partial charge >= 0.3 is 0 Å². The molecule has 1 unspecified atom stereocenters. The Labute approximate surface area is 67.4 Å². The van der Waals surface area contributed by atoms with Crippen LogP contribution in [-0.4, -0.2) is 11.9 Å². The summed E-state index contributed by atoms with van der Waals surface area (Å²) >= 11 is 1.98. The second kappa shape index (κ2) is 5.60. The fraction of sp³-hybridized carbons (Fsp3) is 1.00. The molecule has 2 N–H and O–H groups in total. The molecule has 1 aliphatic rings. The van der Waals surface area contributed by atoms with Gasteiger partial charge in [-0.2, -0.15) is 0 Å². The fourth-order valence-electron chi connectivity index (χ4n) is 0.434. The maximum Gasteiger partial charge on any atom is 0.0977 e. The van der Waals surface area contributed by atoms with Crippen molar-refractivity contribution in [3.63, 3.8) is 0 Å². The molecule has 1 heterocycles. The number of nitrogens with two attached hydrogens (primary N) is 1. The van der Waals surface area contributed by atoms with Crippen LogP contribution in [0.3, 0.4) is 0 Å². The van der Waals surface area contributed by atoms with Crippen molar-refractivity contribution in [1.29, 1.82) is 0 Å². The van der Waals surface area contributed by atoms with Crippen molar-refractivity contribution < 1.29 is 28.5 Å². The van der Waals surface area contributed by atoms with Crippen molar-refractivity contribution in [2.24, 2.45) is 0 Å². The average molecular weight is 249 g/mol. The zero-order valence-corrected chi connectivity index (χ0v) is 7.96. The Morgan fingerprint density at radius 1 is 1.57 bits per heavy atom. The molecule has 1 atom stereocenters. The van der Waals surface area contributed by atoms with Crippen LogP contribution in [0.25, 0.3) is 0 Å². The molecule has 1 saturated heterocycles. The van der Waals surface area contributed by atoms with Gasteiger partial charge in [0.25, 0.3) is 0 Å². The second-order valence-electron chi connectivity index (χ2n) is 1.30. The maximum absolute atomic E-state index is 2.34. The minimum Gasteiger partial charge on any atom is -1.00 e. The van der Waals surface area contributed by atoms with E-state index in [0.717, 1.165) is 8.73 Å². The molecule has 0 aromatic rings. The highest BCUT2D eigenvalue weighted by molar-refractivity contribution is 7.94. The summed E-state index contributed by atoms with van der Waals surface area (Å²) in [7, 11) is 1.14. The van der Waals surface area contributed by atoms with Gasteiger partial charge in [-0.05, 0) is 6.42 Å². The maximum atomic E-state index is 2.34. The zero-order chi connectivity index (χ0) is 4.24. The lowest BCUT2D eigenvalue weighted by Crippen LogP contribution is -3.00. The SMILES string of the molecule is C1CP[NH2+]SC1.[I-]. The van der Waals surface area contributed by atoms with E-state index in [9.17, 15) is 0 Å². The van der Waals surface area contributed by atoms with Gasteiger partial charge in [0, 0.05) is 11.9 Å². The Morgan fingerprint density at radius 3 is 2.57 bits per heavy atom. The van der Waals surface area contributed by atoms with Crippen LogP contribution in [0.5, 0.6) is 0 Å². The molecule has 0 radical (unpaired) electrons. The summed E-state index contributed by atoms with van der Waals surface area (Å²) in [6, 6.07) is 0. The molecule has 0 bridgehead atoms. The third-order valence-electron chi connectivity index (χ3n) is 0.750. The van der Waals surface area contributed by atoms with Gasteiger partial charge < -0.3 is 24.0 Å². The molecule has 7 heavy (non-hydrogen) atoms. The number of halogens is 1. The van der Waals surface area contributed by atoms with Gasteiger partial charge in [0.15, 0.2) is 0 Å². The second-order valence-corrected chi connectivity index (χ2v) is 3.89. The molecule has 1 aliphatic heterocycles. The van der Waals surface area contributed by atoms with E-state index in [4.69, 9.17) is 0 Å². The topological polar surface area (TPSA) is 16.6 Å². The first-order valence-electron chi connectivity index (χ1n) is 2.17. The Balaban J connectivity index is 0.000000360. The summed E-state index contributed by atoms with van der Waals surface area (Å²) in [6.07, 6.45) is 2.90. The number of hydrogen-bond acceptors (Lipinski definition) is 1. The molecule has 0 aromatic heterocycles. The third-order valence-corrected chi connectivity index (χ3v) is 3.25. The van der Waals surface area contributed by atoms with Crippen molar-refractivity contribution in [3.8, 4) is 0 Å². The van der Waals surface area contributed by atoms with E-state index >= 15 is 0 Å². The van der Waals surface area contributed by atoms with Crippen molar-refractivity contribution in [3.05, 3.63) is 0 Å². The Morgan fingerprint density at radius 2 is 2.43 bits per heavy atom. The molecular weight excluding hydrogens is 240 g/mol. The average Bonchev–Trinajstić information content (AvgIpc) is 1.72. The van der Waals surface area contributed by atoms with Gasteiger partial charge in [0.05, 0.1) is 20.7 Å². The molecule has 0 amide bonds. The molecule has 4 heteroatoms. The molecule has 0 aromatic carbocycles. The molecule has 0 spiro atoms. The van der Waals surface area contributed by atoms with E-state index in [-0.39, 0.29) is 24.0 Å². The van der Waals surface area contributed by atoms with Gasteiger partial charge in [0.2, 0.25) is 0 Å². The third kappa shape index (κ3) is 4.01. The van der Waals surface area contributed by atoms with E-state index < -0.39 is 0 Å². The van der Waals surface area contributed by atoms with E-state index in [2.05, 4.69) is 4.49 Å². The van der Waals surface area contributed by atoms with Gasteiger partial charge in [-0.3, -0.25) is 4.49 Å². The number of quaternary nitrogens is 1. The highest BCUT2D eigenvalue weighted by atomic mass is 127. The first-order chi connectivity index (χ1) is 3.00. The van der Waals surface area contributed by atoms with Gasteiger partial charge in [-0.15, -0.1) is 0 Å². The Kier molecular flexibility index (Phi) is 6.78. The van der Waals surface area contributed by atoms with Crippen molar-refractivity contribution in [1.82, 2.24) is 0 Å². The minimum absolute atomic E-state index is 0. The van der Waals surface area contributed by atoms with Crippen LogP contribution in [0.4, 0.5) is 0 Å². The van der Waals surface area contributed by atoms with Crippen LogP contribution in [-0.2, 0) is 0 Å². The number of hydrogen-bond donors (Lipinski definition) is 1. The quantitative estimate of drug-likeness (QED) is 0.279. The summed E-state index contributed by atoms with van der Waals surface area (Å²) < 4.78 is 2.34. The van der Waals surface area contributed by atoms with E-state index in [1.165, 1.54) is 18.3 Å². The molecule has 44 valence electrons. The van der Waals surface area contributed by atoms with E-state index in [1.54, 1.807) is 0 Å². The Hall–Kier alpha value is 1.47. The molecule has 1 rings (SSSR count). The largest absolute Gasteiger partial charge is 1.00 e. The van der Waals surface area contributed by atoms with Crippen LogP contribution in [0.15, 0.2) is 0 Å². The predicted molar refractivity (Wildman–Crippen MR) is 32.2 cm³/mol. The smallest absolute Gasteiger partial charge is 0.0977 e. The van der Waals surface area contributed by atoms with Crippen molar-refractivity contribution >= 4 is 20.7 Å². The summed E-state index contributed by atoms with van der Waals surface area (Å²) in [5.74, 6) is 1.37. The van der Waals surface area contributed by atoms with Crippen molar-refractivity contribution in [2.45, 2.75) is 6.42 Å². The molecule has 0 aliphatic carbocycles. The van der Waals surface area contributed by atoms with Gasteiger partial charge in [-0.1, -0.05) is 0 Å². The van der Waals surface area contributed by atoms with Crippen LogP contribution < -0.4 is 28.5 Å². The lowest BCUT2D eigenvalue weighted by molar-refractivity contribution is -0.282. The number of rotatable bonds is 0. The molecule has 1 nitrogen and oxygen atoms in total. The van der Waals surface area contributed by atoms with E-state index in [1.807, 2.05) is 11.9 Å². The lowest BCUT2D eigenvalue weighted by Gasteiger charge is -2.02. The zero-order valence-electron chi connectivity index (χ0n) is 3.98. The summed E-state index contributed by atoms with van der Waals surface area (Å²) in [6.45, 7) is 0. The highest BCUT2D eigenvalue weighted by Gasteiger charge is 2.00. The van der Waals surface area contributed by atoms with Crippen LogP contribution in [0.1, 0.15) is 6.42 Å². The monoisotopic (exact) mass is 249 g/mol. The standard InChI is InChI=1S/C3H8NPS.HI/c1-2-5-4-6-3-1;/h4-5H,1-3H2;1H. The molecule has 0 saturated carbocycles. The Bertz CT molecular complexity index is 30.4. The highest BCUT2D eigenvalue weighted by Crippen LogP contribution is 2.08. The predicted octanol–water partition coefficient (Wildman–Crippen LogP) is -2.80. The summed E-state index contributed by atoms with van der Waals surface area (Å²) in [5.41, 5.74) is 0. The van der Waals surface area contributed by atoms with Crippen molar-refractivity contribution in [2.75, 3.05) is 11.9 Å². The molecular formula is C3H9INPS. The first-order valence-corrected chi connectivity index (χ1v) is 4.50. The van der Waals surface area contributed by atoms with E-state index in [0.29, 0.717) is 0 Å². The lowest BCUT2D eigenvalue weighted by atomic mass is 10.6. The minimum atomic E-state index is 0. The fourth-order valence-corrected chi connectivity index (χ4v) is 2.80. The van der Waals surface area contributed by atoms with Crippen LogP contribution >= 0.6 is 20.7 Å². The summed E-state index contributed by atoms with van der Waals surface area (Å²) in [4.78, 5) is 0. The normalized spacial score (nSPS) is 24.0. The van der Waals surface area contributed by atoms with Crippen LogP contribution in [0.2, 0.25) is 0 Å². The van der Waals surface area contributed by atoms with Gasteiger partial charge in [-0.25, -0.2) is 0 Å². The van der Waals surface area contributed by atoms with Crippen LogP contribution in [0, 0.1) is 0 Å². The molecule has 1 fully saturated rings. The van der Waals surface area contributed by atoms with Gasteiger partial charge in [0.1, 0.15) is 0 Å².